The molecule has 0 aromatic heterocycles. The Bertz CT molecular complexity index is 389. The molecule has 2 rings (SSSR count). The van der Waals surface area contributed by atoms with Crippen LogP contribution in [0.4, 0.5) is 0 Å². The third-order valence-corrected chi connectivity index (χ3v) is 3.58. The molecule has 0 amide bonds. The lowest BCUT2D eigenvalue weighted by molar-refractivity contribution is 0.182. The van der Waals surface area contributed by atoms with Crippen LogP contribution < -0.4 is 14.8 Å². The van der Waals surface area contributed by atoms with Gasteiger partial charge in [0.1, 0.15) is 0 Å². The molecule has 1 aromatic rings. The molecule has 0 saturated carbocycles. The van der Waals surface area contributed by atoms with Gasteiger partial charge >= 0.3 is 0 Å². The third kappa shape index (κ3) is 2.60. The zero-order chi connectivity index (χ0) is 13.0. The second-order valence-corrected chi connectivity index (χ2v) is 4.54. The molecule has 1 atom stereocenters. The molecular formula is C14H22N2O2. The summed E-state index contributed by atoms with van der Waals surface area (Å²) < 4.78 is 10.9. The van der Waals surface area contributed by atoms with Crippen LogP contribution in [0.1, 0.15) is 18.5 Å². The van der Waals surface area contributed by atoms with E-state index >= 15 is 0 Å². The highest BCUT2D eigenvalue weighted by Gasteiger charge is 2.22. The Morgan fingerprint density at radius 1 is 1.17 bits per heavy atom. The number of nitrogens with zero attached hydrogens (tertiary/aromatic N) is 1. The number of hydrogen-bond donors (Lipinski definition) is 1. The van der Waals surface area contributed by atoms with Crippen LogP contribution >= 0.6 is 0 Å². The molecule has 100 valence electrons. The number of rotatable bonds is 4. The number of piperazine rings is 1. The van der Waals surface area contributed by atoms with Crippen molar-refractivity contribution in [3.63, 3.8) is 0 Å². The van der Waals surface area contributed by atoms with Crippen molar-refractivity contribution in [1.29, 1.82) is 0 Å². The normalized spacial score (nSPS) is 18.4. The Hall–Kier alpha value is -1.26. The van der Waals surface area contributed by atoms with Crippen LogP contribution in [0.2, 0.25) is 0 Å². The van der Waals surface area contributed by atoms with Gasteiger partial charge in [-0.2, -0.15) is 0 Å². The van der Waals surface area contributed by atoms with Crippen LogP contribution in [0.3, 0.4) is 0 Å². The largest absolute Gasteiger partial charge is 0.493 e. The maximum Gasteiger partial charge on any atom is 0.165 e. The average molecular weight is 250 g/mol. The van der Waals surface area contributed by atoms with Crippen molar-refractivity contribution in [2.45, 2.75) is 13.0 Å². The van der Waals surface area contributed by atoms with E-state index in [1.165, 1.54) is 5.56 Å². The number of ether oxygens (including phenoxy) is 2. The SMILES string of the molecule is COc1cccc([C@@H](C)N2CCNCC2)c1OC. The highest BCUT2D eigenvalue weighted by Crippen LogP contribution is 2.36. The van der Waals surface area contributed by atoms with Gasteiger partial charge in [-0.15, -0.1) is 0 Å². The van der Waals surface area contributed by atoms with Crippen molar-refractivity contribution in [1.82, 2.24) is 10.2 Å². The maximum atomic E-state index is 5.51. The van der Waals surface area contributed by atoms with Crippen LogP contribution in [0.5, 0.6) is 11.5 Å². The van der Waals surface area contributed by atoms with Crippen molar-refractivity contribution in [3.8, 4) is 11.5 Å². The van der Waals surface area contributed by atoms with Crippen LogP contribution in [0.15, 0.2) is 18.2 Å². The zero-order valence-electron chi connectivity index (χ0n) is 11.4. The number of methoxy groups -OCH3 is 2. The summed E-state index contributed by atoms with van der Waals surface area (Å²) in [5.41, 5.74) is 1.19. The summed E-state index contributed by atoms with van der Waals surface area (Å²) in [7, 11) is 3.38. The lowest BCUT2D eigenvalue weighted by Gasteiger charge is -2.33. The Balaban J connectivity index is 2.25. The fourth-order valence-electron chi connectivity index (χ4n) is 2.51. The minimum absolute atomic E-state index is 0.345. The topological polar surface area (TPSA) is 33.7 Å². The summed E-state index contributed by atoms with van der Waals surface area (Å²) in [6.45, 7) is 6.47. The molecule has 1 fully saturated rings. The molecule has 1 saturated heterocycles. The molecule has 0 unspecified atom stereocenters. The van der Waals surface area contributed by atoms with Crippen molar-refractivity contribution >= 4 is 0 Å². The summed E-state index contributed by atoms with van der Waals surface area (Å²) in [4.78, 5) is 2.47. The highest BCUT2D eigenvalue weighted by molar-refractivity contribution is 5.47. The molecule has 4 nitrogen and oxygen atoms in total. The van der Waals surface area contributed by atoms with E-state index in [0.29, 0.717) is 6.04 Å². The van der Waals surface area contributed by atoms with Gasteiger partial charge in [0, 0.05) is 37.8 Å². The molecule has 4 heteroatoms. The minimum Gasteiger partial charge on any atom is -0.493 e. The quantitative estimate of drug-likeness (QED) is 0.881. The molecular weight excluding hydrogens is 228 g/mol. The summed E-state index contributed by atoms with van der Waals surface area (Å²) in [6, 6.07) is 6.42. The van der Waals surface area contributed by atoms with E-state index in [-0.39, 0.29) is 0 Å². The van der Waals surface area contributed by atoms with Crippen molar-refractivity contribution in [2.75, 3.05) is 40.4 Å². The molecule has 0 radical (unpaired) electrons. The molecule has 0 bridgehead atoms. The van der Waals surface area contributed by atoms with Crippen molar-refractivity contribution in [3.05, 3.63) is 23.8 Å². The van der Waals surface area contributed by atoms with Crippen molar-refractivity contribution in [2.24, 2.45) is 0 Å². The second-order valence-electron chi connectivity index (χ2n) is 4.54. The number of hydrogen-bond acceptors (Lipinski definition) is 4. The second kappa shape index (κ2) is 6.07. The monoisotopic (exact) mass is 250 g/mol. The number of benzene rings is 1. The van der Waals surface area contributed by atoms with Gasteiger partial charge in [-0.25, -0.2) is 0 Å². The van der Waals surface area contributed by atoms with Crippen LogP contribution in [0, 0.1) is 0 Å². The van der Waals surface area contributed by atoms with Gasteiger partial charge < -0.3 is 14.8 Å². The highest BCUT2D eigenvalue weighted by atomic mass is 16.5. The molecule has 1 aliphatic heterocycles. The summed E-state index contributed by atoms with van der Waals surface area (Å²) in [5, 5.41) is 3.37. The van der Waals surface area contributed by atoms with Crippen LogP contribution in [0.25, 0.3) is 0 Å². The third-order valence-electron chi connectivity index (χ3n) is 3.58. The molecule has 1 aromatic carbocycles. The Morgan fingerprint density at radius 3 is 2.50 bits per heavy atom. The van der Waals surface area contributed by atoms with Gasteiger partial charge in [0.05, 0.1) is 14.2 Å². The first-order valence-electron chi connectivity index (χ1n) is 6.43. The van der Waals surface area contributed by atoms with Gasteiger partial charge in [-0.3, -0.25) is 4.90 Å². The predicted octanol–water partition coefficient (Wildman–Crippen LogP) is 1.67. The Labute approximate surface area is 109 Å². The van der Waals surface area contributed by atoms with E-state index < -0.39 is 0 Å². The van der Waals surface area contributed by atoms with E-state index in [9.17, 15) is 0 Å². The van der Waals surface area contributed by atoms with E-state index in [2.05, 4.69) is 23.2 Å². The van der Waals surface area contributed by atoms with Crippen molar-refractivity contribution < 1.29 is 9.47 Å². The van der Waals surface area contributed by atoms with E-state index in [1.54, 1.807) is 14.2 Å². The lowest BCUT2D eigenvalue weighted by atomic mass is 10.0. The first-order chi connectivity index (χ1) is 8.77. The maximum absolute atomic E-state index is 5.51. The lowest BCUT2D eigenvalue weighted by Crippen LogP contribution is -2.44. The van der Waals surface area contributed by atoms with Gasteiger partial charge in [-0.1, -0.05) is 12.1 Å². The smallest absolute Gasteiger partial charge is 0.165 e. The standard InChI is InChI=1S/C14H22N2O2/c1-11(16-9-7-15-8-10-16)12-5-4-6-13(17-2)14(12)18-3/h4-6,11,15H,7-10H2,1-3H3/t11-/m1/s1. The molecule has 1 N–H and O–H groups in total. The number of para-hydroxylation sites is 1. The molecule has 0 spiro atoms. The first-order valence-corrected chi connectivity index (χ1v) is 6.43. The summed E-state index contributed by atoms with van der Waals surface area (Å²) >= 11 is 0. The Morgan fingerprint density at radius 2 is 1.89 bits per heavy atom. The predicted molar refractivity (Wildman–Crippen MR) is 72.4 cm³/mol. The van der Waals surface area contributed by atoms with E-state index in [1.807, 2.05) is 12.1 Å². The fraction of sp³-hybridized carbons (Fsp3) is 0.571. The van der Waals surface area contributed by atoms with Crippen LogP contribution in [-0.2, 0) is 0 Å². The minimum atomic E-state index is 0.345. The van der Waals surface area contributed by atoms with Gasteiger partial charge in [0.15, 0.2) is 11.5 Å². The molecule has 18 heavy (non-hydrogen) atoms. The molecule has 1 aliphatic rings. The van der Waals surface area contributed by atoms with Gasteiger partial charge in [-0.05, 0) is 13.0 Å². The first kappa shape index (κ1) is 13.2. The van der Waals surface area contributed by atoms with Crippen LogP contribution in [-0.4, -0.2) is 45.3 Å². The zero-order valence-corrected chi connectivity index (χ0v) is 11.4. The van der Waals surface area contributed by atoms with Gasteiger partial charge in [0.25, 0.3) is 0 Å². The molecule has 1 heterocycles. The Kier molecular flexibility index (Phi) is 4.44. The number of nitrogens with one attached hydrogen (secondary N) is 1. The molecule has 0 aliphatic carbocycles. The fourth-order valence-corrected chi connectivity index (χ4v) is 2.51. The van der Waals surface area contributed by atoms with Gasteiger partial charge in [0.2, 0.25) is 0 Å². The summed E-state index contributed by atoms with van der Waals surface area (Å²) in [6.07, 6.45) is 0. The summed E-state index contributed by atoms with van der Waals surface area (Å²) in [5.74, 6) is 1.66. The van der Waals surface area contributed by atoms with E-state index in [0.717, 1.165) is 37.7 Å². The average Bonchev–Trinajstić information content (AvgIpc) is 2.46. The van der Waals surface area contributed by atoms with E-state index in [4.69, 9.17) is 9.47 Å².